The van der Waals surface area contributed by atoms with E-state index in [1.165, 1.54) is 5.56 Å². The summed E-state index contributed by atoms with van der Waals surface area (Å²) in [5, 5.41) is 4.59. The molecule has 2 aromatic carbocycles. The maximum Gasteiger partial charge on any atom is 0.268 e. The zero-order chi connectivity index (χ0) is 21.5. The predicted molar refractivity (Wildman–Crippen MR) is 124 cm³/mol. The molecule has 31 heavy (non-hydrogen) atoms. The Balaban J connectivity index is 1.32. The van der Waals surface area contributed by atoms with Gasteiger partial charge in [-0.2, -0.15) is 5.10 Å². The van der Waals surface area contributed by atoms with Crippen LogP contribution in [0, 0.1) is 0 Å². The summed E-state index contributed by atoms with van der Waals surface area (Å²) in [6, 6.07) is 21.4. The van der Waals surface area contributed by atoms with Gasteiger partial charge >= 0.3 is 0 Å². The van der Waals surface area contributed by atoms with E-state index in [-0.39, 0.29) is 5.56 Å². The van der Waals surface area contributed by atoms with Gasteiger partial charge in [0.15, 0.2) is 0 Å². The smallest absolute Gasteiger partial charge is 0.268 e. The number of rotatable bonds is 7. The van der Waals surface area contributed by atoms with Crippen LogP contribution in [0.2, 0.25) is 0 Å². The molecule has 3 aromatic rings. The van der Waals surface area contributed by atoms with Crippen LogP contribution in [-0.2, 0) is 6.67 Å². The Hall–Kier alpha value is -3.22. The van der Waals surface area contributed by atoms with E-state index in [2.05, 4.69) is 51.3 Å². The fourth-order valence-electron chi connectivity index (χ4n) is 3.67. The second-order valence-electron chi connectivity index (χ2n) is 7.66. The predicted octanol–water partition coefficient (Wildman–Crippen LogP) is 3.21. The lowest BCUT2D eigenvalue weighted by Crippen LogP contribution is -2.47. The number of hydrogen-bond donors (Lipinski definition) is 0. The van der Waals surface area contributed by atoms with E-state index in [1.54, 1.807) is 23.9 Å². The van der Waals surface area contributed by atoms with Gasteiger partial charge in [-0.05, 0) is 35.9 Å². The molecular formula is C25H28N4O2. The fraction of sp³-hybridized carbons (Fsp3) is 0.280. The van der Waals surface area contributed by atoms with Gasteiger partial charge in [-0.25, -0.2) is 4.68 Å². The van der Waals surface area contributed by atoms with E-state index >= 15 is 0 Å². The molecule has 1 aliphatic heterocycles. The third-order valence-corrected chi connectivity index (χ3v) is 5.52. The molecule has 4 rings (SSSR count). The maximum absolute atomic E-state index is 12.4. The molecule has 1 aliphatic rings. The van der Waals surface area contributed by atoms with Crippen LogP contribution in [0.3, 0.4) is 0 Å². The molecule has 0 atom stereocenters. The molecule has 2 heterocycles. The molecule has 160 valence electrons. The summed E-state index contributed by atoms with van der Waals surface area (Å²) in [4.78, 5) is 17.1. The maximum atomic E-state index is 12.4. The standard InChI is InChI=1S/C25H28N4O2/c1-31-23-11-9-22(10-12-23)24-13-14-25(30)29(26-24)20-28-18-16-27(17-19-28)15-5-8-21-6-3-2-4-7-21/h2-14H,15-20H2,1H3/b8-5+. The van der Waals surface area contributed by atoms with Gasteiger partial charge in [-0.3, -0.25) is 14.6 Å². The van der Waals surface area contributed by atoms with Gasteiger partial charge in [0.05, 0.1) is 19.5 Å². The van der Waals surface area contributed by atoms with E-state index in [9.17, 15) is 4.79 Å². The molecule has 1 aromatic heterocycles. The summed E-state index contributed by atoms with van der Waals surface area (Å²) in [6.07, 6.45) is 4.38. The van der Waals surface area contributed by atoms with Crippen LogP contribution >= 0.6 is 0 Å². The van der Waals surface area contributed by atoms with E-state index in [0.717, 1.165) is 49.7 Å². The van der Waals surface area contributed by atoms with Crippen molar-refractivity contribution in [1.29, 1.82) is 0 Å². The Morgan fingerprint density at radius 2 is 1.61 bits per heavy atom. The SMILES string of the molecule is COc1ccc(-c2ccc(=O)n(CN3CCN(C/C=C/c4ccccc4)CC3)n2)cc1. The Bertz CT molecular complexity index is 1050. The minimum atomic E-state index is -0.0783. The van der Waals surface area contributed by atoms with Gasteiger partial charge < -0.3 is 4.74 Å². The van der Waals surface area contributed by atoms with Crippen LogP contribution in [-0.4, -0.2) is 59.4 Å². The average Bonchev–Trinajstić information content (AvgIpc) is 2.82. The third kappa shape index (κ3) is 5.69. The number of ether oxygens (including phenoxy) is 1. The van der Waals surface area contributed by atoms with Crippen molar-refractivity contribution in [3.8, 4) is 17.0 Å². The summed E-state index contributed by atoms with van der Waals surface area (Å²) >= 11 is 0. The van der Waals surface area contributed by atoms with Crippen LogP contribution in [0.5, 0.6) is 5.75 Å². The van der Waals surface area contributed by atoms with Gasteiger partial charge in [0.25, 0.3) is 5.56 Å². The molecule has 1 fully saturated rings. The van der Waals surface area contributed by atoms with E-state index in [4.69, 9.17) is 4.74 Å². The number of benzene rings is 2. The second-order valence-corrected chi connectivity index (χ2v) is 7.66. The molecule has 6 nitrogen and oxygen atoms in total. The van der Waals surface area contributed by atoms with Crippen LogP contribution in [0.1, 0.15) is 5.56 Å². The molecule has 0 N–H and O–H groups in total. The highest BCUT2D eigenvalue weighted by molar-refractivity contribution is 5.59. The minimum absolute atomic E-state index is 0.0783. The van der Waals surface area contributed by atoms with Crippen molar-refractivity contribution >= 4 is 6.08 Å². The molecule has 0 radical (unpaired) electrons. The highest BCUT2D eigenvalue weighted by Gasteiger charge is 2.17. The third-order valence-electron chi connectivity index (χ3n) is 5.52. The van der Waals surface area contributed by atoms with Gasteiger partial charge in [-0.1, -0.05) is 42.5 Å². The monoisotopic (exact) mass is 416 g/mol. The van der Waals surface area contributed by atoms with E-state index in [1.807, 2.05) is 30.3 Å². The number of hydrogen-bond acceptors (Lipinski definition) is 5. The lowest BCUT2D eigenvalue weighted by molar-refractivity contribution is 0.109. The van der Waals surface area contributed by atoms with Gasteiger partial charge in [0.1, 0.15) is 5.75 Å². The number of piperazine rings is 1. The Kier molecular flexibility index (Phi) is 6.92. The van der Waals surface area contributed by atoms with Gasteiger partial charge in [0, 0.05) is 44.4 Å². The Morgan fingerprint density at radius 3 is 2.32 bits per heavy atom. The molecule has 0 amide bonds. The summed E-state index contributed by atoms with van der Waals surface area (Å²) < 4.78 is 6.77. The van der Waals surface area contributed by atoms with Crippen molar-refractivity contribution in [1.82, 2.24) is 19.6 Å². The summed E-state index contributed by atoms with van der Waals surface area (Å²) in [6.45, 7) is 5.24. The first-order valence-electron chi connectivity index (χ1n) is 10.6. The van der Waals surface area contributed by atoms with Crippen LogP contribution in [0.4, 0.5) is 0 Å². The number of nitrogens with zero attached hydrogens (tertiary/aromatic N) is 4. The lowest BCUT2D eigenvalue weighted by Gasteiger charge is -2.34. The van der Waals surface area contributed by atoms with Crippen molar-refractivity contribution < 1.29 is 4.74 Å². The molecular weight excluding hydrogens is 388 g/mol. The fourth-order valence-corrected chi connectivity index (χ4v) is 3.67. The van der Waals surface area contributed by atoms with Crippen LogP contribution in [0.25, 0.3) is 17.3 Å². The highest BCUT2D eigenvalue weighted by Crippen LogP contribution is 2.19. The van der Waals surface area contributed by atoms with E-state index in [0.29, 0.717) is 6.67 Å². The van der Waals surface area contributed by atoms with Crippen molar-refractivity contribution in [2.24, 2.45) is 0 Å². The first-order valence-corrected chi connectivity index (χ1v) is 10.6. The molecule has 0 bridgehead atoms. The minimum Gasteiger partial charge on any atom is -0.497 e. The molecule has 1 saturated heterocycles. The zero-order valence-electron chi connectivity index (χ0n) is 17.9. The molecule has 0 aliphatic carbocycles. The normalized spacial score (nSPS) is 15.4. The van der Waals surface area contributed by atoms with Crippen molar-refractivity contribution in [3.05, 3.63) is 88.7 Å². The summed E-state index contributed by atoms with van der Waals surface area (Å²) in [5.74, 6) is 0.800. The second kappa shape index (κ2) is 10.2. The summed E-state index contributed by atoms with van der Waals surface area (Å²) in [5.41, 5.74) is 2.89. The largest absolute Gasteiger partial charge is 0.497 e. The van der Waals surface area contributed by atoms with Crippen molar-refractivity contribution in [2.45, 2.75) is 6.67 Å². The Labute approximate surface area is 183 Å². The molecule has 6 heteroatoms. The quantitative estimate of drug-likeness (QED) is 0.592. The first kappa shape index (κ1) is 21.0. The summed E-state index contributed by atoms with van der Waals surface area (Å²) in [7, 11) is 1.65. The van der Waals surface area contributed by atoms with Gasteiger partial charge in [-0.15, -0.1) is 0 Å². The average molecular weight is 417 g/mol. The van der Waals surface area contributed by atoms with Crippen LogP contribution in [0.15, 0.2) is 77.6 Å². The van der Waals surface area contributed by atoms with Gasteiger partial charge in [0.2, 0.25) is 0 Å². The highest BCUT2D eigenvalue weighted by atomic mass is 16.5. The van der Waals surface area contributed by atoms with Crippen LogP contribution < -0.4 is 10.3 Å². The molecule has 0 unspecified atom stereocenters. The molecule has 0 spiro atoms. The molecule has 0 saturated carbocycles. The first-order chi connectivity index (χ1) is 15.2. The Morgan fingerprint density at radius 1 is 0.903 bits per heavy atom. The topological polar surface area (TPSA) is 50.6 Å². The number of methoxy groups -OCH3 is 1. The van der Waals surface area contributed by atoms with Crippen molar-refractivity contribution in [3.63, 3.8) is 0 Å². The zero-order valence-corrected chi connectivity index (χ0v) is 17.9. The number of aromatic nitrogens is 2. The lowest BCUT2D eigenvalue weighted by atomic mass is 10.1. The van der Waals surface area contributed by atoms with E-state index < -0.39 is 0 Å². The van der Waals surface area contributed by atoms with Crippen molar-refractivity contribution in [2.75, 3.05) is 39.8 Å².